The van der Waals surface area contributed by atoms with Crippen LogP contribution in [0.1, 0.15) is 37.0 Å². The molecule has 0 aliphatic carbocycles. The van der Waals surface area contributed by atoms with Gasteiger partial charge in [-0.3, -0.25) is 4.79 Å². The number of benzene rings is 1. The molecule has 2 heterocycles. The second kappa shape index (κ2) is 7.84. The summed E-state index contributed by atoms with van der Waals surface area (Å²) in [7, 11) is -3.28. The highest BCUT2D eigenvalue weighted by Crippen LogP contribution is 2.31. The van der Waals surface area contributed by atoms with Crippen molar-refractivity contribution in [3.8, 4) is 11.5 Å². The molecule has 1 fully saturated rings. The second-order valence-electron chi connectivity index (χ2n) is 7.06. The number of rotatable bonds is 5. The highest BCUT2D eigenvalue weighted by atomic mass is 32.2. The quantitative estimate of drug-likeness (QED) is 0.837. The number of sulfonamides is 1. The Kier molecular flexibility index (Phi) is 5.72. The van der Waals surface area contributed by atoms with Crippen LogP contribution in [0.3, 0.4) is 0 Å². The number of amides is 1. The Morgan fingerprint density at radius 3 is 2.73 bits per heavy atom. The van der Waals surface area contributed by atoms with Crippen LogP contribution in [0.4, 0.5) is 0 Å². The van der Waals surface area contributed by atoms with E-state index in [4.69, 9.17) is 9.47 Å². The van der Waals surface area contributed by atoms with Crippen molar-refractivity contribution in [2.75, 3.05) is 32.8 Å². The standard InChI is InChI=1S/C18H26N2O5S/c1-13(2)26(22,23)19-11-14-4-3-7-20(12-14)18(21)15-5-6-16-17(10-15)25-9-8-24-16/h5-6,10,13-14,19H,3-4,7-9,11-12H2,1-2H3/t14-/m1/s1. The van der Waals surface area contributed by atoms with E-state index in [2.05, 4.69) is 4.72 Å². The number of nitrogens with zero attached hydrogens (tertiary/aromatic N) is 1. The Morgan fingerprint density at radius 1 is 1.27 bits per heavy atom. The normalized spacial score (nSPS) is 20.3. The second-order valence-corrected chi connectivity index (χ2v) is 9.38. The topological polar surface area (TPSA) is 84.9 Å². The van der Waals surface area contributed by atoms with Gasteiger partial charge in [-0.25, -0.2) is 13.1 Å². The minimum absolute atomic E-state index is 0.0570. The van der Waals surface area contributed by atoms with Gasteiger partial charge in [-0.1, -0.05) is 0 Å². The number of fused-ring (bicyclic) bond motifs is 1. The van der Waals surface area contributed by atoms with Crippen molar-refractivity contribution in [1.29, 1.82) is 0 Å². The van der Waals surface area contributed by atoms with E-state index in [1.165, 1.54) is 0 Å². The van der Waals surface area contributed by atoms with Gasteiger partial charge in [0.25, 0.3) is 5.91 Å². The van der Waals surface area contributed by atoms with Crippen molar-refractivity contribution < 1.29 is 22.7 Å². The molecular weight excluding hydrogens is 356 g/mol. The van der Waals surface area contributed by atoms with Crippen LogP contribution >= 0.6 is 0 Å². The van der Waals surface area contributed by atoms with Gasteiger partial charge in [0.05, 0.1) is 5.25 Å². The van der Waals surface area contributed by atoms with Crippen molar-refractivity contribution in [3.63, 3.8) is 0 Å². The molecule has 2 aliphatic heterocycles. The highest BCUT2D eigenvalue weighted by molar-refractivity contribution is 7.90. The number of hydrogen-bond donors (Lipinski definition) is 1. The monoisotopic (exact) mass is 382 g/mol. The molecule has 1 saturated heterocycles. The van der Waals surface area contributed by atoms with Crippen LogP contribution in [0.15, 0.2) is 18.2 Å². The van der Waals surface area contributed by atoms with Gasteiger partial charge in [-0.15, -0.1) is 0 Å². The van der Waals surface area contributed by atoms with Crippen LogP contribution in [0.5, 0.6) is 11.5 Å². The largest absolute Gasteiger partial charge is 0.486 e. The van der Waals surface area contributed by atoms with Gasteiger partial charge in [0.2, 0.25) is 10.0 Å². The molecule has 0 bridgehead atoms. The number of carbonyl (C=O) groups excluding carboxylic acids is 1. The first-order valence-corrected chi connectivity index (χ1v) is 10.6. The molecule has 1 aromatic rings. The van der Waals surface area contributed by atoms with Crippen LogP contribution in [-0.4, -0.2) is 57.3 Å². The van der Waals surface area contributed by atoms with Crippen molar-refractivity contribution in [2.45, 2.75) is 31.9 Å². The number of piperidine rings is 1. The molecule has 0 unspecified atom stereocenters. The van der Waals surface area contributed by atoms with E-state index < -0.39 is 15.3 Å². The van der Waals surface area contributed by atoms with Crippen LogP contribution in [-0.2, 0) is 10.0 Å². The van der Waals surface area contributed by atoms with E-state index in [1.807, 2.05) is 0 Å². The van der Waals surface area contributed by atoms with Crippen LogP contribution in [0, 0.1) is 5.92 Å². The predicted molar refractivity (Wildman–Crippen MR) is 98.1 cm³/mol. The maximum absolute atomic E-state index is 12.8. The summed E-state index contributed by atoms with van der Waals surface area (Å²) in [6, 6.07) is 5.24. The summed E-state index contributed by atoms with van der Waals surface area (Å²) < 4.78 is 37.6. The first-order chi connectivity index (χ1) is 12.4. The van der Waals surface area contributed by atoms with E-state index in [0.29, 0.717) is 49.9 Å². The lowest BCUT2D eigenvalue weighted by Gasteiger charge is -2.33. The van der Waals surface area contributed by atoms with E-state index in [-0.39, 0.29) is 11.8 Å². The number of carbonyl (C=O) groups is 1. The summed E-state index contributed by atoms with van der Waals surface area (Å²) >= 11 is 0. The van der Waals surface area contributed by atoms with Crippen LogP contribution in [0.2, 0.25) is 0 Å². The summed E-state index contributed by atoms with van der Waals surface area (Å²) in [5.74, 6) is 1.32. The van der Waals surface area contributed by atoms with Crippen molar-refractivity contribution in [1.82, 2.24) is 9.62 Å². The Morgan fingerprint density at radius 2 is 2.00 bits per heavy atom. The van der Waals surface area contributed by atoms with Gasteiger partial charge in [0.15, 0.2) is 11.5 Å². The lowest BCUT2D eigenvalue weighted by molar-refractivity contribution is 0.0675. The maximum Gasteiger partial charge on any atom is 0.254 e. The number of hydrogen-bond acceptors (Lipinski definition) is 5. The van der Waals surface area contributed by atoms with Gasteiger partial charge in [0, 0.05) is 25.2 Å². The summed E-state index contributed by atoms with van der Waals surface area (Å²) in [6.45, 7) is 5.90. The molecule has 0 aromatic heterocycles. The van der Waals surface area contributed by atoms with Gasteiger partial charge in [-0.2, -0.15) is 0 Å². The average Bonchev–Trinajstić information content (AvgIpc) is 2.65. The molecule has 1 atom stereocenters. The average molecular weight is 382 g/mol. The molecule has 26 heavy (non-hydrogen) atoms. The summed E-state index contributed by atoms with van der Waals surface area (Å²) in [5.41, 5.74) is 0.567. The van der Waals surface area contributed by atoms with E-state index in [9.17, 15) is 13.2 Å². The van der Waals surface area contributed by atoms with E-state index in [0.717, 1.165) is 12.8 Å². The molecule has 1 amide bonds. The van der Waals surface area contributed by atoms with Crippen molar-refractivity contribution in [2.24, 2.45) is 5.92 Å². The third kappa shape index (κ3) is 4.29. The lowest BCUT2D eigenvalue weighted by atomic mass is 9.97. The van der Waals surface area contributed by atoms with Crippen molar-refractivity contribution in [3.05, 3.63) is 23.8 Å². The molecule has 1 aromatic carbocycles. The smallest absolute Gasteiger partial charge is 0.254 e. The summed E-state index contributed by atoms with van der Waals surface area (Å²) in [4.78, 5) is 14.6. The maximum atomic E-state index is 12.8. The zero-order chi connectivity index (χ0) is 18.7. The third-order valence-electron chi connectivity index (χ3n) is 4.79. The molecule has 8 heteroatoms. The minimum atomic E-state index is -3.28. The zero-order valence-electron chi connectivity index (χ0n) is 15.2. The number of likely N-dealkylation sites (tertiary alicyclic amines) is 1. The Bertz CT molecular complexity index is 763. The molecule has 144 valence electrons. The molecule has 2 aliphatic rings. The van der Waals surface area contributed by atoms with E-state index >= 15 is 0 Å². The third-order valence-corrected chi connectivity index (χ3v) is 6.60. The molecule has 0 spiro atoms. The number of nitrogens with one attached hydrogen (secondary N) is 1. The predicted octanol–water partition coefficient (Wildman–Crippen LogP) is 1.64. The number of ether oxygens (including phenoxy) is 2. The molecule has 1 N–H and O–H groups in total. The van der Waals surface area contributed by atoms with Gasteiger partial charge in [0.1, 0.15) is 13.2 Å². The van der Waals surface area contributed by atoms with Gasteiger partial charge < -0.3 is 14.4 Å². The fourth-order valence-electron chi connectivity index (χ4n) is 3.18. The zero-order valence-corrected chi connectivity index (χ0v) is 16.0. The highest BCUT2D eigenvalue weighted by Gasteiger charge is 2.27. The van der Waals surface area contributed by atoms with Gasteiger partial charge >= 0.3 is 0 Å². The summed E-state index contributed by atoms with van der Waals surface area (Å²) in [5, 5.41) is -0.457. The van der Waals surface area contributed by atoms with Crippen molar-refractivity contribution >= 4 is 15.9 Å². The fourth-order valence-corrected chi connectivity index (χ4v) is 3.98. The van der Waals surface area contributed by atoms with Crippen LogP contribution in [0.25, 0.3) is 0 Å². The Balaban J connectivity index is 1.63. The van der Waals surface area contributed by atoms with Crippen LogP contribution < -0.4 is 14.2 Å². The SMILES string of the molecule is CC(C)S(=O)(=O)NC[C@H]1CCCN(C(=O)c2ccc3c(c2)OCCO3)C1. The molecule has 0 radical (unpaired) electrons. The van der Waals surface area contributed by atoms with E-state index in [1.54, 1.807) is 36.9 Å². The Labute approximate surface area is 154 Å². The first-order valence-electron chi connectivity index (χ1n) is 9.04. The Hall–Kier alpha value is -1.80. The summed E-state index contributed by atoms with van der Waals surface area (Å²) in [6.07, 6.45) is 1.77. The van der Waals surface area contributed by atoms with Gasteiger partial charge in [-0.05, 0) is 50.8 Å². The molecular formula is C18H26N2O5S. The molecule has 0 saturated carbocycles. The minimum Gasteiger partial charge on any atom is -0.486 e. The first kappa shape index (κ1) is 19.0. The fraction of sp³-hybridized carbons (Fsp3) is 0.611. The molecule has 3 rings (SSSR count). The molecule has 7 nitrogen and oxygen atoms in total. The lowest BCUT2D eigenvalue weighted by Crippen LogP contribution is -2.44.